The maximum Gasteiger partial charge on any atom is 0.494 e. The van der Waals surface area contributed by atoms with Gasteiger partial charge in [-0.2, -0.15) is 0 Å². The van der Waals surface area contributed by atoms with Gasteiger partial charge in [-0.05, 0) is 36.3 Å². The number of aryl methyl sites for hydroxylation is 1. The Morgan fingerprint density at radius 1 is 1.27 bits per heavy atom. The van der Waals surface area contributed by atoms with Crippen molar-refractivity contribution in [2.45, 2.75) is 38.7 Å². The van der Waals surface area contributed by atoms with Crippen LogP contribution in [0.2, 0.25) is 0 Å². The molecule has 0 bridgehead atoms. The molecule has 0 aliphatic rings. The fourth-order valence-electron chi connectivity index (χ4n) is 1.55. The third-order valence-electron chi connectivity index (χ3n) is 2.42. The fraction of sp³-hybridized carbons (Fsp3) is 0.500. The van der Waals surface area contributed by atoms with Gasteiger partial charge in [0, 0.05) is 0 Å². The molecule has 1 aromatic rings. The first-order valence-corrected chi connectivity index (χ1v) is 6.21. The summed E-state index contributed by atoms with van der Waals surface area (Å²) in [5.41, 5.74) is 1.39. The van der Waals surface area contributed by atoms with Crippen LogP contribution in [0.3, 0.4) is 0 Å². The van der Waals surface area contributed by atoms with Gasteiger partial charge >= 0.3 is 8.69 Å². The molecule has 0 N–H and O–H groups in total. The molecule has 3 heteroatoms. The summed E-state index contributed by atoms with van der Waals surface area (Å²) in [6.07, 6.45) is 4.52. The largest absolute Gasteiger partial charge is 0.494 e. The first kappa shape index (κ1) is 12.4. The van der Waals surface area contributed by atoms with Gasteiger partial charge in [-0.25, -0.2) is 0 Å². The van der Waals surface area contributed by atoms with Gasteiger partial charge in [0.15, 0.2) is 0 Å². The topological polar surface area (TPSA) is 26.3 Å². The molecular weight excluding hydrogens is 207 g/mol. The third-order valence-corrected chi connectivity index (χ3v) is 2.92. The average molecular weight is 225 g/mol. The lowest BCUT2D eigenvalue weighted by Gasteiger charge is -2.03. The van der Waals surface area contributed by atoms with Gasteiger partial charge in [0.25, 0.3) is 0 Å². The van der Waals surface area contributed by atoms with Crippen LogP contribution in [0.1, 0.15) is 31.7 Å². The lowest BCUT2D eigenvalue weighted by molar-refractivity contribution is 0.228. The number of rotatable bonds is 7. The third kappa shape index (κ3) is 5.66. The Kier molecular flexibility index (Phi) is 6.22. The highest BCUT2D eigenvalue weighted by Crippen LogP contribution is 2.12. The van der Waals surface area contributed by atoms with E-state index in [-0.39, 0.29) is 6.10 Å². The van der Waals surface area contributed by atoms with E-state index in [0.29, 0.717) is 0 Å². The number of hydrogen-bond acceptors (Lipinski definition) is 2. The second-order valence-electron chi connectivity index (χ2n) is 3.74. The quantitative estimate of drug-likeness (QED) is 0.522. The summed E-state index contributed by atoms with van der Waals surface area (Å²) in [6, 6.07) is 10.5. The molecule has 0 aromatic heterocycles. The Hall–Kier alpha value is -0.720. The summed E-state index contributed by atoms with van der Waals surface area (Å²) in [6.45, 7) is 1.97. The smallest absolute Gasteiger partial charge is 0.145 e. The molecule has 1 rings (SSSR count). The van der Waals surface area contributed by atoms with Crippen LogP contribution in [0.5, 0.6) is 0 Å². The molecule has 15 heavy (non-hydrogen) atoms. The molecule has 2 unspecified atom stereocenters. The van der Waals surface area contributed by atoms with E-state index in [1.54, 1.807) is 0 Å². The number of hydrogen-bond donors (Lipinski definition) is 0. The fourth-order valence-corrected chi connectivity index (χ4v) is 1.83. The zero-order chi connectivity index (χ0) is 10.9. The maximum absolute atomic E-state index is 10.2. The molecule has 82 valence electrons. The lowest BCUT2D eigenvalue weighted by atomic mass is 10.1. The minimum absolute atomic E-state index is 0.122. The Balaban J connectivity index is 2.09. The van der Waals surface area contributed by atoms with Crippen molar-refractivity contribution >= 4 is 8.69 Å². The molecular formula is C12H18O2P+. The molecule has 0 heterocycles. The van der Waals surface area contributed by atoms with E-state index in [1.165, 1.54) is 12.0 Å². The summed E-state index contributed by atoms with van der Waals surface area (Å²) in [5.74, 6) is 0. The van der Waals surface area contributed by atoms with E-state index >= 15 is 0 Å². The molecule has 1 aromatic carbocycles. The monoisotopic (exact) mass is 225 g/mol. The summed E-state index contributed by atoms with van der Waals surface area (Å²) >= 11 is 0. The van der Waals surface area contributed by atoms with E-state index in [1.807, 2.05) is 13.0 Å². The number of benzene rings is 1. The van der Waals surface area contributed by atoms with Crippen molar-refractivity contribution in [2.75, 3.05) is 0 Å². The molecule has 0 radical (unpaired) electrons. The molecule has 0 aliphatic carbocycles. The van der Waals surface area contributed by atoms with Crippen LogP contribution in [-0.2, 0) is 15.5 Å². The predicted octanol–water partition coefficient (Wildman–Crippen LogP) is 3.74. The predicted molar refractivity (Wildman–Crippen MR) is 63.5 cm³/mol. The van der Waals surface area contributed by atoms with Crippen molar-refractivity contribution in [2.24, 2.45) is 0 Å². The lowest BCUT2D eigenvalue weighted by Crippen LogP contribution is -2.01. The van der Waals surface area contributed by atoms with E-state index in [4.69, 9.17) is 4.52 Å². The Bertz CT molecular complexity index is 274. The molecule has 2 nitrogen and oxygen atoms in total. The van der Waals surface area contributed by atoms with Gasteiger partial charge in [-0.3, -0.25) is 0 Å². The van der Waals surface area contributed by atoms with Crippen LogP contribution in [-0.4, -0.2) is 6.10 Å². The van der Waals surface area contributed by atoms with Crippen LogP contribution in [0.4, 0.5) is 0 Å². The zero-order valence-electron chi connectivity index (χ0n) is 9.11. The minimum atomic E-state index is -0.627. The van der Waals surface area contributed by atoms with E-state index in [9.17, 15) is 4.57 Å². The average Bonchev–Trinajstić information content (AvgIpc) is 2.26. The van der Waals surface area contributed by atoms with Crippen molar-refractivity contribution < 1.29 is 9.09 Å². The van der Waals surface area contributed by atoms with E-state index in [2.05, 4.69) is 24.3 Å². The molecule has 2 atom stereocenters. The van der Waals surface area contributed by atoms with Crippen LogP contribution in [0.15, 0.2) is 30.3 Å². The molecule has 0 aliphatic heterocycles. The minimum Gasteiger partial charge on any atom is -0.145 e. The summed E-state index contributed by atoms with van der Waals surface area (Å²) in [4.78, 5) is 0. The summed E-state index contributed by atoms with van der Waals surface area (Å²) in [5, 5.41) is 0. The zero-order valence-corrected chi connectivity index (χ0v) is 10.1. The van der Waals surface area contributed by atoms with Gasteiger partial charge in [0.2, 0.25) is 0 Å². The van der Waals surface area contributed by atoms with Gasteiger partial charge in [-0.15, -0.1) is 4.52 Å². The SMILES string of the molecule is CC(CCCCc1ccccc1)O[PH+]=O. The van der Waals surface area contributed by atoms with Crippen LogP contribution in [0, 0.1) is 0 Å². The molecule has 0 saturated carbocycles. The second kappa shape index (κ2) is 7.56. The Morgan fingerprint density at radius 3 is 2.67 bits per heavy atom. The first-order chi connectivity index (χ1) is 7.33. The van der Waals surface area contributed by atoms with Crippen LogP contribution < -0.4 is 0 Å². The highest BCUT2D eigenvalue weighted by atomic mass is 31.1. The molecule has 0 amide bonds. The molecule has 0 spiro atoms. The highest BCUT2D eigenvalue weighted by molar-refractivity contribution is 7.17. The second-order valence-corrected chi connectivity index (χ2v) is 4.15. The van der Waals surface area contributed by atoms with Crippen molar-refractivity contribution in [1.82, 2.24) is 0 Å². The van der Waals surface area contributed by atoms with Crippen molar-refractivity contribution in [3.63, 3.8) is 0 Å². The molecule has 0 saturated heterocycles. The maximum atomic E-state index is 10.2. The van der Waals surface area contributed by atoms with Gasteiger partial charge < -0.3 is 0 Å². The van der Waals surface area contributed by atoms with E-state index < -0.39 is 8.69 Å². The summed E-state index contributed by atoms with van der Waals surface area (Å²) in [7, 11) is -0.627. The van der Waals surface area contributed by atoms with Crippen molar-refractivity contribution in [1.29, 1.82) is 0 Å². The van der Waals surface area contributed by atoms with Crippen LogP contribution >= 0.6 is 8.69 Å². The number of unbranched alkanes of at least 4 members (excludes halogenated alkanes) is 1. The normalized spacial score (nSPS) is 12.9. The molecule has 0 fully saturated rings. The van der Waals surface area contributed by atoms with Gasteiger partial charge in [0.05, 0.1) is 0 Å². The standard InChI is InChI=1S/C12H18O2P/c1-11(14-15-13)7-5-6-10-12-8-3-2-4-9-12/h2-4,8-9,11,15H,5-7,10H2,1H3/q+1. The highest BCUT2D eigenvalue weighted by Gasteiger charge is 2.05. The van der Waals surface area contributed by atoms with E-state index in [0.717, 1.165) is 19.3 Å². The van der Waals surface area contributed by atoms with Gasteiger partial charge in [0.1, 0.15) is 6.10 Å². The van der Waals surface area contributed by atoms with Crippen molar-refractivity contribution in [3.05, 3.63) is 35.9 Å². The van der Waals surface area contributed by atoms with Crippen molar-refractivity contribution in [3.8, 4) is 0 Å². The van der Waals surface area contributed by atoms with Crippen LogP contribution in [0.25, 0.3) is 0 Å². The summed E-state index contributed by atoms with van der Waals surface area (Å²) < 4.78 is 15.2. The Labute approximate surface area is 92.9 Å². The first-order valence-electron chi connectivity index (χ1n) is 5.39. The Morgan fingerprint density at radius 2 is 2.00 bits per heavy atom. The van der Waals surface area contributed by atoms with Gasteiger partial charge in [-0.1, -0.05) is 36.8 Å².